The summed E-state index contributed by atoms with van der Waals surface area (Å²) < 4.78 is 11.2. The Morgan fingerprint density at radius 1 is 1.23 bits per heavy atom. The van der Waals surface area contributed by atoms with Crippen LogP contribution in [0.4, 0.5) is 0 Å². The van der Waals surface area contributed by atoms with Crippen molar-refractivity contribution in [2.45, 2.75) is 18.9 Å². The van der Waals surface area contributed by atoms with Crippen molar-refractivity contribution < 1.29 is 14.3 Å². The molecule has 1 atom stereocenters. The third-order valence-electron chi connectivity index (χ3n) is 4.77. The minimum atomic E-state index is -0.00435. The highest BCUT2D eigenvalue weighted by Gasteiger charge is 2.40. The Morgan fingerprint density at radius 2 is 2.18 bits per heavy atom. The molecule has 5 heteroatoms. The van der Waals surface area contributed by atoms with Crippen LogP contribution in [0, 0.1) is 0 Å². The lowest BCUT2D eigenvalue weighted by atomic mass is 9.85. The van der Waals surface area contributed by atoms with Crippen LogP contribution in [0.1, 0.15) is 33.2 Å². The zero-order valence-corrected chi connectivity index (χ0v) is 11.9. The van der Waals surface area contributed by atoms with Crippen molar-refractivity contribution in [3.63, 3.8) is 0 Å². The van der Waals surface area contributed by atoms with Gasteiger partial charge in [0.2, 0.25) is 6.79 Å². The van der Waals surface area contributed by atoms with Gasteiger partial charge in [-0.2, -0.15) is 0 Å². The molecule has 1 aromatic carbocycles. The highest BCUT2D eigenvalue weighted by Crippen LogP contribution is 2.47. The summed E-state index contributed by atoms with van der Waals surface area (Å²) in [5, 5.41) is 0. The first-order valence-electron chi connectivity index (χ1n) is 7.49. The quantitative estimate of drug-likeness (QED) is 0.746. The SMILES string of the molecule is O=C1c2cccnc2CC2c3c(ccc4c3OCO4)CCN12. The van der Waals surface area contributed by atoms with Crippen LogP contribution in [-0.2, 0) is 12.8 Å². The van der Waals surface area contributed by atoms with Crippen molar-refractivity contribution in [3.8, 4) is 11.5 Å². The van der Waals surface area contributed by atoms with Crippen LogP contribution in [0.15, 0.2) is 30.5 Å². The van der Waals surface area contributed by atoms with Gasteiger partial charge in [0.05, 0.1) is 17.3 Å². The minimum absolute atomic E-state index is 0.00435. The number of pyridine rings is 1. The van der Waals surface area contributed by atoms with Crippen molar-refractivity contribution >= 4 is 5.91 Å². The Morgan fingerprint density at radius 3 is 3.14 bits per heavy atom. The van der Waals surface area contributed by atoms with Gasteiger partial charge < -0.3 is 14.4 Å². The first-order valence-corrected chi connectivity index (χ1v) is 7.49. The van der Waals surface area contributed by atoms with Crippen LogP contribution in [0.3, 0.4) is 0 Å². The molecule has 2 aromatic rings. The Hall–Kier alpha value is -2.56. The molecule has 5 rings (SSSR count). The van der Waals surface area contributed by atoms with Gasteiger partial charge in [-0.25, -0.2) is 0 Å². The van der Waals surface area contributed by atoms with Crippen LogP contribution >= 0.6 is 0 Å². The molecular weight excluding hydrogens is 280 g/mol. The molecule has 22 heavy (non-hydrogen) atoms. The van der Waals surface area contributed by atoms with Crippen molar-refractivity contribution in [2.24, 2.45) is 0 Å². The number of ether oxygens (including phenoxy) is 2. The molecule has 4 heterocycles. The second kappa shape index (κ2) is 4.22. The van der Waals surface area contributed by atoms with E-state index in [1.165, 1.54) is 5.56 Å². The van der Waals surface area contributed by atoms with E-state index in [0.717, 1.165) is 47.7 Å². The van der Waals surface area contributed by atoms with E-state index in [4.69, 9.17) is 9.47 Å². The smallest absolute Gasteiger partial charge is 0.256 e. The summed E-state index contributed by atoms with van der Waals surface area (Å²) in [6.07, 6.45) is 3.33. The molecule has 0 radical (unpaired) electrons. The number of hydrogen-bond donors (Lipinski definition) is 0. The summed E-state index contributed by atoms with van der Waals surface area (Å²) in [7, 11) is 0. The van der Waals surface area contributed by atoms with Crippen molar-refractivity contribution in [1.29, 1.82) is 0 Å². The van der Waals surface area contributed by atoms with E-state index < -0.39 is 0 Å². The highest BCUT2D eigenvalue weighted by atomic mass is 16.7. The van der Waals surface area contributed by atoms with E-state index in [0.29, 0.717) is 0 Å². The predicted molar refractivity (Wildman–Crippen MR) is 78.0 cm³/mol. The van der Waals surface area contributed by atoms with E-state index in [1.807, 2.05) is 23.1 Å². The Bertz CT molecular complexity index is 802. The summed E-state index contributed by atoms with van der Waals surface area (Å²) in [6, 6.07) is 7.75. The number of hydrogen-bond acceptors (Lipinski definition) is 4. The Balaban J connectivity index is 1.69. The molecule has 3 aliphatic heterocycles. The molecule has 5 nitrogen and oxygen atoms in total. The van der Waals surface area contributed by atoms with Crippen LogP contribution in [0.25, 0.3) is 0 Å². The molecule has 0 spiro atoms. The minimum Gasteiger partial charge on any atom is -0.454 e. The summed E-state index contributed by atoms with van der Waals surface area (Å²) in [6.45, 7) is 0.992. The van der Waals surface area contributed by atoms with E-state index in [-0.39, 0.29) is 18.7 Å². The maximum atomic E-state index is 12.8. The number of fused-ring (bicyclic) bond motifs is 6. The third-order valence-corrected chi connectivity index (χ3v) is 4.77. The average molecular weight is 294 g/mol. The van der Waals surface area contributed by atoms with Gasteiger partial charge in [-0.15, -0.1) is 0 Å². The molecule has 0 bridgehead atoms. The Kier molecular flexibility index (Phi) is 2.31. The van der Waals surface area contributed by atoms with Gasteiger partial charge in [-0.3, -0.25) is 9.78 Å². The molecule has 0 N–H and O–H groups in total. The second-order valence-electron chi connectivity index (χ2n) is 5.84. The molecule has 1 amide bonds. The molecule has 0 aliphatic carbocycles. The summed E-state index contributed by atoms with van der Waals surface area (Å²) >= 11 is 0. The third kappa shape index (κ3) is 1.48. The second-order valence-corrected chi connectivity index (χ2v) is 5.84. The number of carbonyl (C=O) groups excluding carboxylic acids is 1. The zero-order valence-electron chi connectivity index (χ0n) is 11.9. The number of rotatable bonds is 0. The van der Waals surface area contributed by atoms with Gasteiger partial charge in [0.15, 0.2) is 11.5 Å². The fourth-order valence-electron chi connectivity index (χ4n) is 3.76. The molecule has 0 saturated carbocycles. The van der Waals surface area contributed by atoms with Gasteiger partial charge in [0, 0.05) is 24.7 Å². The zero-order chi connectivity index (χ0) is 14.7. The number of amides is 1. The lowest BCUT2D eigenvalue weighted by Crippen LogP contribution is -2.44. The van der Waals surface area contributed by atoms with E-state index in [9.17, 15) is 4.79 Å². The molecule has 0 fully saturated rings. The fourth-order valence-corrected chi connectivity index (χ4v) is 3.76. The molecular formula is C17H14N2O3. The molecule has 0 saturated heterocycles. The van der Waals surface area contributed by atoms with Crippen molar-refractivity contribution in [1.82, 2.24) is 9.88 Å². The predicted octanol–water partition coefficient (Wildman–Crippen LogP) is 2.11. The van der Waals surface area contributed by atoms with Gasteiger partial charge in [-0.05, 0) is 30.2 Å². The fraction of sp³-hybridized carbons (Fsp3) is 0.294. The highest BCUT2D eigenvalue weighted by molar-refractivity contribution is 5.97. The maximum Gasteiger partial charge on any atom is 0.256 e. The first-order chi connectivity index (χ1) is 10.8. The van der Waals surface area contributed by atoms with Crippen LogP contribution in [-0.4, -0.2) is 29.1 Å². The summed E-state index contributed by atoms with van der Waals surface area (Å²) in [5.41, 5.74) is 3.95. The number of benzene rings is 1. The van der Waals surface area contributed by atoms with E-state index in [2.05, 4.69) is 11.1 Å². The van der Waals surface area contributed by atoms with Gasteiger partial charge >= 0.3 is 0 Å². The normalized spacial score (nSPS) is 21.2. The van der Waals surface area contributed by atoms with Crippen molar-refractivity contribution in [3.05, 3.63) is 52.8 Å². The lowest BCUT2D eigenvalue weighted by Gasteiger charge is -2.41. The topological polar surface area (TPSA) is 51.7 Å². The average Bonchev–Trinajstić information content (AvgIpc) is 3.03. The van der Waals surface area contributed by atoms with Crippen LogP contribution < -0.4 is 9.47 Å². The maximum absolute atomic E-state index is 12.8. The molecule has 1 aromatic heterocycles. The van der Waals surface area contributed by atoms with Gasteiger partial charge in [0.1, 0.15) is 0 Å². The van der Waals surface area contributed by atoms with Crippen LogP contribution in [0.2, 0.25) is 0 Å². The largest absolute Gasteiger partial charge is 0.454 e. The summed E-state index contributed by atoms with van der Waals surface area (Å²) in [5.74, 6) is 1.65. The van der Waals surface area contributed by atoms with Gasteiger partial charge in [0.25, 0.3) is 5.91 Å². The summed E-state index contributed by atoms with van der Waals surface area (Å²) in [4.78, 5) is 19.1. The molecule has 110 valence electrons. The first kappa shape index (κ1) is 12.0. The lowest BCUT2D eigenvalue weighted by molar-refractivity contribution is 0.0624. The van der Waals surface area contributed by atoms with Crippen LogP contribution in [0.5, 0.6) is 11.5 Å². The molecule has 1 unspecified atom stereocenters. The molecule has 3 aliphatic rings. The number of nitrogens with zero attached hydrogens (tertiary/aromatic N) is 2. The van der Waals surface area contributed by atoms with Crippen molar-refractivity contribution in [2.75, 3.05) is 13.3 Å². The number of carbonyl (C=O) groups is 1. The van der Waals surface area contributed by atoms with E-state index in [1.54, 1.807) is 6.20 Å². The standard InChI is InChI=1S/C17H14N2O3/c20-17-11-2-1-6-18-12(11)8-13-15-10(5-7-19(13)17)3-4-14-16(15)22-9-21-14/h1-4,6,13H,5,7-9H2. The van der Waals surface area contributed by atoms with E-state index >= 15 is 0 Å². The number of aromatic nitrogens is 1. The monoisotopic (exact) mass is 294 g/mol. The Labute approximate surface area is 127 Å². The van der Waals surface area contributed by atoms with Gasteiger partial charge in [-0.1, -0.05) is 6.07 Å².